The fourth-order valence-corrected chi connectivity index (χ4v) is 2.87. The highest BCUT2D eigenvalue weighted by Gasteiger charge is 2.07. The van der Waals surface area contributed by atoms with E-state index in [1.807, 2.05) is 32.0 Å². The Hall–Kier alpha value is -2.31. The number of benzene rings is 2. The summed E-state index contributed by atoms with van der Waals surface area (Å²) >= 11 is 11.8. The average Bonchev–Trinajstić information content (AvgIpc) is 2.66. The predicted molar refractivity (Wildman–Crippen MR) is 111 cm³/mol. The minimum Gasteiger partial charge on any atom is -0.490 e. The molecule has 8 heteroatoms. The lowest BCUT2D eigenvalue weighted by Crippen LogP contribution is -2.38. The molecule has 0 bridgehead atoms. The Morgan fingerprint density at radius 1 is 0.893 bits per heavy atom. The van der Waals surface area contributed by atoms with E-state index in [4.69, 9.17) is 37.4 Å². The lowest BCUT2D eigenvalue weighted by atomic mass is 10.1. The van der Waals surface area contributed by atoms with Gasteiger partial charge in [-0.25, -0.2) is 4.79 Å². The molecule has 28 heavy (non-hydrogen) atoms. The number of amides is 2. The van der Waals surface area contributed by atoms with Crippen molar-refractivity contribution in [3.8, 4) is 17.2 Å². The van der Waals surface area contributed by atoms with Gasteiger partial charge in [0.05, 0.1) is 18.2 Å². The van der Waals surface area contributed by atoms with Crippen molar-refractivity contribution in [1.29, 1.82) is 0 Å². The van der Waals surface area contributed by atoms with Gasteiger partial charge in [0.1, 0.15) is 5.75 Å². The summed E-state index contributed by atoms with van der Waals surface area (Å²) in [5.41, 5.74) is 1.04. The number of hydrogen-bond acceptors (Lipinski definition) is 4. The Morgan fingerprint density at radius 2 is 1.61 bits per heavy atom. The Morgan fingerprint density at radius 3 is 2.32 bits per heavy atom. The summed E-state index contributed by atoms with van der Waals surface area (Å²) in [6.45, 7) is 5.44. The van der Waals surface area contributed by atoms with E-state index in [0.29, 0.717) is 47.7 Å². The highest BCUT2D eigenvalue weighted by Crippen LogP contribution is 2.29. The van der Waals surface area contributed by atoms with Gasteiger partial charge < -0.3 is 24.8 Å². The van der Waals surface area contributed by atoms with Gasteiger partial charge >= 0.3 is 6.03 Å². The summed E-state index contributed by atoms with van der Waals surface area (Å²) in [7, 11) is 0. The zero-order valence-electron chi connectivity index (χ0n) is 15.9. The van der Waals surface area contributed by atoms with Crippen LogP contribution < -0.4 is 24.8 Å². The van der Waals surface area contributed by atoms with Crippen molar-refractivity contribution in [2.45, 2.75) is 20.3 Å². The van der Waals surface area contributed by atoms with Gasteiger partial charge in [-0.3, -0.25) is 0 Å². The fourth-order valence-electron chi connectivity index (χ4n) is 2.41. The summed E-state index contributed by atoms with van der Waals surface area (Å²) in [5.74, 6) is 1.88. The second kappa shape index (κ2) is 11.5. The number of nitrogens with one attached hydrogen (secondary N) is 2. The topological polar surface area (TPSA) is 68.8 Å². The molecule has 0 radical (unpaired) electrons. The fraction of sp³-hybridized carbons (Fsp3) is 0.350. The molecule has 0 fully saturated rings. The molecule has 2 aromatic carbocycles. The molecule has 6 nitrogen and oxygen atoms in total. The van der Waals surface area contributed by atoms with E-state index >= 15 is 0 Å². The molecule has 0 saturated carbocycles. The molecule has 0 aliphatic rings. The molecule has 152 valence electrons. The quantitative estimate of drug-likeness (QED) is 0.541. The molecule has 2 aromatic rings. The number of hydrogen-bond donors (Lipinski definition) is 2. The van der Waals surface area contributed by atoms with Crippen LogP contribution >= 0.6 is 23.2 Å². The number of ether oxygens (including phenoxy) is 3. The summed E-state index contributed by atoms with van der Waals surface area (Å²) in [6, 6.07) is 10.3. The lowest BCUT2D eigenvalue weighted by Gasteiger charge is -2.13. The van der Waals surface area contributed by atoms with E-state index in [2.05, 4.69) is 10.6 Å². The largest absolute Gasteiger partial charge is 0.490 e. The van der Waals surface area contributed by atoms with Crippen molar-refractivity contribution in [2.24, 2.45) is 0 Å². The van der Waals surface area contributed by atoms with Crippen LogP contribution in [0.1, 0.15) is 19.4 Å². The van der Waals surface area contributed by atoms with Gasteiger partial charge in [-0.2, -0.15) is 0 Å². The maximum atomic E-state index is 11.9. The van der Waals surface area contributed by atoms with Crippen LogP contribution in [0.3, 0.4) is 0 Å². The molecule has 0 aliphatic heterocycles. The van der Waals surface area contributed by atoms with Gasteiger partial charge in [-0.05, 0) is 56.2 Å². The molecule has 2 N–H and O–H groups in total. The van der Waals surface area contributed by atoms with Crippen molar-refractivity contribution in [2.75, 3.05) is 26.5 Å². The molecule has 0 aromatic heterocycles. The van der Waals surface area contributed by atoms with Crippen molar-refractivity contribution >= 4 is 29.2 Å². The van der Waals surface area contributed by atoms with Crippen LogP contribution in [0.15, 0.2) is 36.4 Å². The van der Waals surface area contributed by atoms with E-state index in [1.54, 1.807) is 18.2 Å². The SMILES string of the molecule is CCOc1ccc(CCNC(=O)NCOc2ccc(Cl)cc2Cl)cc1OCC. The highest BCUT2D eigenvalue weighted by atomic mass is 35.5. The minimum absolute atomic E-state index is 0.00920. The first-order valence-electron chi connectivity index (χ1n) is 9.01. The molecule has 0 atom stereocenters. The van der Waals surface area contributed by atoms with Crippen LogP contribution in [-0.2, 0) is 6.42 Å². The lowest BCUT2D eigenvalue weighted by molar-refractivity contribution is 0.224. The van der Waals surface area contributed by atoms with Crippen molar-refractivity contribution in [3.63, 3.8) is 0 Å². The number of rotatable bonds is 10. The zero-order valence-corrected chi connectivity index (χ0v) is 17.4. The molecule has 0 spiro atoms. The van der Waals surface area contributed by atoms with Gasteiger partial charge in [0.2, 0.25) is 0 Å². The normalized spacial score (nSPS) is 10.3. The van der Waals surface area contributed by atoms with Crippen LogP contribution in [0.5, 0.6) is 17.2 Å². The van der Waals surface area contributed by atoms with E-state index in [0.717, 1.165) is 11.3 Å². The van der Waals surface area contributed by atoms with E-state index in [9.17, 15) is 4.79 Å². The van der Waals surface area contributed by atoms with Crippen molar-refractivity contribution in [3.05, 3.63) is 52.0 Å². The van der Waals surface area contributed by atoms with Crippen LogP contribution in [-0.4, -0.2) is 32.5 Å². The third-order valence-corrected chi connectivity index (χ3v) is 4.19. The third kappa shape index (κ3) is 7.02. The molecule has 0 saturated heterocycles. The number of halogens is 2. The third-order valence-electron chi connectivity index (χ3n) is 3.66. The maximum Gasteiger partial charge on any atom is 0.317 e. The molecule has 0 heterocycles. The van der Waals surface area contributed by atoms with Crippen LogP contribution in [0, 0.1) is 0 Å². The van der Waals surface area contributed by atoms with Gasteiger partial charge in [0, 0.05) is 11.6 Å². The number of carbonyl (C=O) groups is 1. The Balaban J connectivity index is 1.75. The Kier molecular flexibility index (Phi) is 9.04. The zero-order chi connectivity index (χ0) is 20.4. The minimum atomic E-state index is -0.332. The first-order chi connectivity index (χ1) is 13.5. The van der Waals surface area contributed by atoms with E-state index in [-0.39, 0.29) is 12.8 Å². The Bertz CT molecular complexity index is 787. The average molecular weight is 427 g/mol. The molecular weight excluding hydrogens is 403 g/mol. The standard InChI is InChI=1S/C20H24Cl2N2O4/c1-3-26-18-7-5-14(11-19(18)27-4-2)9-10-23-20(25)24-13-28-17-8-6-15(21)12-16(17)22/h5-8,11-12H,3-4,9-10,13H2,1-2H3,(H2,23,24,25). The van der Waals surface area contributed by atoms with Crippen LogP contribution in [0.4, 0.5) is 4.79 Å². The first-order valence-corrected chi connectivity index (χ1v) is 9.77. The number of carbonyl (C=O) groups excluding carboxylic acids is 1. The Labute approximate surface area is 175 Å². The smallest absolute Gasteiger partial charge is 0.317 e. The van der Waals surface area contributed by atoms with E-state index < -0.39 is 0 Å². The van der Waals surface area contributed by atoms with Crippen LogP contribution in [0.2, 0.25) is 10.0 Å². The van der Waals surface area contributed by atoms with Crippen molar-refractivity contribution in [1.82, 2.24) is 10.6 Å². The molecule has 2 amide bonds. The van der Waals surface area contributed by atoms with Gasteiger partial charge in [0.25, 0.3) is 0 Å². The monoisotopic (exact) mass is 426 g/mol. The number of urea groups is 1. The summed E-state index contributed by atoms with van der Waals surface area (Å²) in [6.07, 6.45) is 0.657. The van der Waals surface area contributed by atoms with Gasteiger partial charge in [-0.1, -0.05) is 29.3 Å². The summed E-state index contributed by atoms with van der Waals surface area (Å²) < 4.78 is 16.6. The molecule has 0 aliphatic carbocycles. The summed E-state index contributed by atoms with van der Waals surface area (Å²) in [4.78, 5) is 11.9. The van der Waals surface area contributed by atoms with Crippen LogP contribution in [0.25, 0.3) is 0 Å². The molecule has 2 rings (SSSR count). The second-order valence-corrected chi connectivity index (χ2v) is 6.54. The van der Waals surface area contributed by atoms with Gasteiger partial charge in [-0.15, -0.1) is 0 Å². The molecule has 0 unspecified atom stereocenters. The maximum absolute atomic E-state index is 11.9. The van der Waals surface area contributed by atoms with E-state index in [1.165, 1.54) is 0 Å². The molecular formula is C20H24Cl2N2O4. The predicted octanol–water partition coefficient (Wildman–Crippen LogP) is 4.67. The van der Waals surface area contributed by atoms with Gasteiger partial charge in [0.15, 0.2) is 18.2 Å². The second-order valence-electron chi connectivity index (χ2n) is 5.69. The highest BCUT2D eigenvalue weighted by molar-refractivity contribution is 6.35. The van der Waals surface area contributed by atoms with Crippen molar-refractivity contribution < 1.29 is 19.0 Å². The summed E-state index contributed by atoms with van der Waals surface area (Å²) in [5, 5.41) is 6.29. The first kappa shape index (κ1) is 22.0.